The number of rotatable bonds is 4. The molecule has 25 heavy (non-hydrogen) atoms. The van der Waals surface area contributed by atoms with Gasteiger partial charge in [0, 0.05) is 13.1 Å². The predicted octanol–water partition coefficient (Wildman–Crippen LogP) is 2.69. The lowest BCUT2D eigenvalue weighted by Crippen LogP contribution is -2.35. The maximum absolute atomic E-state index is 12.8. The average molecular weight is 360 g/mol. The summed E-state index contributed by atoms with van der Waals surface area (Å²) in [4.78, 5) is 10.8. The van der Waals surface area contributed by atoms with Crippen molar-refractivity contribution < 1.29 is 8.42 Å². The summed E-state index contributed by atoms with van der Waals surface area (Å²) in [5, 5.41) is 0. The van der Waals surface area contributed by atoms with Gasteiger partial charge in [-0.15, -0.1) is 0 Å². The van der Waals surface area contributed by atoms with E-state index in [1.807, 2.05) is 19.1 Å². The van der Waals surface area contributed by atoms with Gasteiger partial charge in [-0.1, -0.05) is 26.0 Å². The van der Waals surface area contributed by atoms with Crippen molar-refractivity contribution in [2.45, 2.75) is 42.9 Å². The highest BCUT2D eigenvalue weighted by Gasteiger charge is 2.24. The van der Waals surface area contributed by atoms with Crippen LogP contribution in [-0.2, 0) is 16.3 Å². The molecule has 1 fully saturated rings. The Balaban J connectivity index is 1.91. The SMILES string of the molecule is CCc1ccc(S(=O)(=O)c2cnc(N3CCC[C@@H](C)C3)nc2N)cc1. The van der Waals surface area contributed by atoms with Crippen molar-refractivity contribution in [3.05, 3.63) is 36.0 Å². The molecule has 1 atom stereocenters. The normalized spacial score (nSPS) is 18.3. The molecule has 0 radical (unpaired) electrons. The molecule has 0 aliphatic carbocycles. The first-order valence-corrected chi connectivity index (χ1v) is 10.1. The van der Waals surface area contributed by atoms with Crippen molar-refractivity contribution in [1.82, 2.24) is 9.97 Å². The zero-order valence-electron chi connectivity index (χ0n) is 14.6. The third kappa shape index (κ3) is 3.61. The van der Waals surface area contributed by atoms with Crippen molar-refractivity contribution in [3.63, 3.8) is 0 Å². The van der Waals surface area contributed by atoms with Crippen LogP contribution >= 0.6 is 0 Å². The summed E-state index contributed by atoms with van der Waals surface area (Å²) in [5.74, 6) is 1.08. The monoisotopic (exact) mass is 360 g/mol. The lowest BCUT2D eigenvalue weighted by atomic mass is 10.0. The van der Waals surface area contributed by atoms with Crippen LogP contribution in [0.4, 0.5) is 11.8 Å². The second kappa shape index (κ2) is 7.00. The van der Waals surface area contributed by atoms with Gasteiger partial charge in [0.1, 0.15) is 10.7 Å². The zero-order chi connectivity index (χ0) is 18.0. The second-order valence-corrected chi connectivity index (χ2v) is 8.53. The molecule has 2 heterocycles. The predicted molar refractivity (Wildman–Crippen MR) is 98.3 cm³/mol. The number of nitrogens with zero attached hydrogens (tertiary/aromatic N) is 3. The molecule has 1 saturated heterocycles. The summed E-state index contributed by atoms with van der Waals surface area (Å²) in [5.41, 5.74) is 7.07. The summed E-state index contributed by atoms with van der Waals surface area (Å²) in [6, 6.07) is 6.84. The molecule has 2 aromatic rings. The van der Waals surface area contributed by atoms with Crippen LogP contribution in [0.1, 0.15) is 32.3 Å². The summed E-state index contributed by atoms with van der Waals surface area (Å²) in [6.07, 6.45) is 4.45. The molecule has 0 bridgehead atoms. The topological polar surface area (TPSA) is 89.2 Å². The van der Waals surface area contributed by atoms with Crippen LogP contribution in [0.2, 0.25) is 0 Å². The van der Waals surface area contributed by atoms with E-state index < -0.39 is 9.84 Å². The van der Waals surface area contributed by atoms with Gasteiger partial charge in [0.15, 0.2) is 0 Å². The number of nitrogen functional groups attached to an aromatic ring is 1. The minimum absolute atomic E-state index is 0.00259. The Morgan fingerprint density at radius 2 is 2.00 bits per heavy atom. The van der Waals surface area contributed by atoms with E-state index in [-0.39, 0.29) is 15.6 Å². The largest absolute Gasteiger partial charge is 0.382 e. The number of aryl methyl sites for hydroxylation is 1. The number of sulfone groups is 1. The molecule has 1 aromatic heterocycles. The highest BCUT2D eigenvalue weighted by atomic mass is 32.2. The molecule has 0 amide bonds. The molecule has 2 N–H and O–H groups in total. The van der Waals surface area contributed by atoms with Gasteiger partial charge < -0.3 is 10.6 Å². The lowest BCUT2D eigenvalue weighted by molar-refractivity contribution is 0.442. The van der Waals surface area contributed by atoms with E-state index in [1.54, 1.807) is 12.1 Å². The number of nitrogens with two attached hydrogens (primary N) is 1. The van der Waals surface area contributed by atoms with Gasteiger partial charge in [-0.25, -0.2) is 13.4 Å². The minimum Gasteiger partial charge on any atom is -0.382 e. The second-order valence-electron chi connectivity index (χ2n) is 6.61. The van der Waals surface area contributed by atoms with E-state index in [0.717, 1.165) is 31.5 Å². The molecule has 3 rings (SSSR count). The molecule has 1 aromatic carbocycles. The van der Waals surface area contributed by atoms with Crippen molar-refractivity contribution in [2.24, 2.45) is 5.92 Å². The van der Waals surface area contributed by atoms with Crippen LogP contribution < -0.4 is 10.6 Å². The lowest BCUT2D eigenvalue weighted by Gasteiger charge is -2.31. The summed E-state index contributed by atoms with van der Waals surface area (Å²) in [6.45, 7) is 5.95. The Kier molecular flexibility index (Phi) is 4.94. The maximum Gasteiger partial charge on any atom is 0.227 e. The van der Waals surface area contributed by atoms with Crippen molar-refractivity contribution in [1.29, 1.82) is 0 Å². The van der Waals surface area contributed by atoms with Gasteiger partial charge >= 0.3 is 0 Å². The fourth-order valence-electron chi connectivity index (χ4n) is 3.14. The molecular weight excluding hydrogens is 336 g/mol. The first-order chi connectivity index (χ1) is 11.9. The molecule has 0 spiro atoms. The highest BCUT2D eigenvalue weighted by molar-refractivity contribution is 7.91. The van der Waals surface area contributed by atoms with Crippen LogP contribution in [0.15, 0.2) is 40.3 Å². The molecule has 1 aliphatic heterocycles. The number of piperidine rings is 1. The molecule has 134 valence electrons. The van der Waals surface area contributed by atoms with Crippen molar-refractivity contribution >= 4 is 21.6 Å². The van der Waals surface area contributed by atoms with Crippen LogP contribution in [0, 0.1) is 5.92 Å². The van der Waals surface area contributed by atoms with Gasteiger partial charge in [-0.2, -0.15) is 4.98 Å². The van der Waals surface area contributed by atoms with Crippen LogP contribution in [-0.4, -0.2) is 31.5 Å². The maximum atomic E-state index is 12.8. The quantitative estimate of drug-likeness (QED) is 0.902. The number of hydrogen-bond acceptors (Lipinski definition) is 6. The van der Waals surface area contributed by atoms with Gasteiger partial charge in [0.05, 0.1) is 11.1 Å². The molecule has 6 nitrogen and oxygen atoms in total. The Morgan fingerprint density at radius 3 is 2.60 bits per heavy atom. The van der Waals surface area contributed by atoms with Crippen molar-refractivity contribution in [3.8, 4) is 0 Å². The van der Waals surface area contributed by atoms with Crippen LogP contribution in [0.25, 0.3) is 0 Å². The first kappa shape index (κ1) is 17.7. The number of hydrogen-bond donors (Lipinski definition) is 1. The van der Waals surface area contributed by atoms with Gasteiger partial charge in [-0.3, -0.25) is 0 Å². The van der Waals surface area contributed by atoms with Crippen LogP contribution in [0.3, 0.4) is 0 Å². The number of aromatic nitrogens is 2. The smallest absolute Gasteiger partial charge is 0.227 e. The zero-order valence-corrected chi connectivity index (χ0v) is 15.5. The van der Waals surface area contributed by atoms with E-state index in [4.69, 9.17) is 5.73 Å². The third-order valence-corrected chi connectivity index (χ3v) is 6.43. The first-order valence-electron chi connectivity index (χ1n) is 8.63. The van der Waals surface area contributed by atoms with E-state index >= 15 is 0 Å². The minimum atomic E-state index is -3.72. The highest BCUT2D eigenvalue weighted by Crippen LogP contribution is 2.27. The molecule has 0 saturated carbocycles. The van der Waals surface area contributed by atoms with Gasteiger partial charge in [0.2, 0.25) is 15.8 Å². The molecule has 7 heteroatoms. The third-order valence-electron chi connectivity index (χ3n) is 4.64. The average Bonchev–Trinajstić information content (AvgIpc) is 2.61. The Morgan fingerprint density at radius 1 is 1.28 bits per heavy atom. The number of benzene rings is 1. The van der Waals surface area contributed by atoms with E-state index in [1.165, 1.54) is 12.6 Å². The van der Waals surface area contributed by atoms with Gasteiger partial charge in [0.25, 0.3) is 0 Å². The van der Waals surface area contributed by atoms with E-state index in [2.05, 4.69) is 21.8 Å². The van der Waals surface area contributed by atoms with E-state index in [0.29, 0.717) is 11.9 Å². The standard InChI is InChI=1S/C18H24N4O2S/c1-3-14-6-8-15(9-7-14)25(23,24)16-11-20-18(21-17(16)19)22-10-4-5-13(2)12-22/h6-9,11,13H,3-5,10,12H2,1-2H3,(H2,19,20,21)/t13-/m1/s1. The Labute approximate surface area is 149 Å². The fraction of sp³-hybridized carbons (Fsp3) is 0.444. The molecule has 1 aliphatic rings. The Hall–Kier alpha value is -2.15. The Bertz CT molecular complexity index is 850. The van der Waals surface area contributed by atoms with Gasteiger partial charge in [-0.05, 0) is 42.9 Å². The van der Waals surface area contributed by atoms with E-state index in [9.17, 15) is 8.42 Å². The number of anilines is 2. The molecular formula is C18H24N4O2S. The summed E-state index contributed by atoms with van der Waals surface area (Å²) >= 11 is 0. The van der Waals surface area contributed by atoms with Crippen LogP contribution in [0.5, 0.6) is 0 Å². The van der Waals surface area contributed by atoms with Crippen molar-refractivity contribution in [2.75, 3.05) is 23.7 Å². The summed E-state index contributed by atoms with van der Waals surface area (Å²) in [7, 11) is -3.72. The fourth-order valence-corrected chi connectivity index (χ4v) is 4.40. The summed E-state index contributed by atoms with van der Waals surface area (Å²) < 4.78 is 25.6. The molecule has 0 unspecified atom stereocenters.